The van der Waals surface area contributed by atoms with Crippen molar-refractivity contribution in [2.24, 2.45) is 0 Å². The highest BCUT2D eigenvalue weighted by atomic mass is 16.5. The highest BCUT2D eigenvalue weighted by molar-refractivity contribution is 5.97. The SMILES string of the molecule is COc1c(C)cccc1C(=O)N1CCc2nnc(C3CCN(C)CC3)n2CC1. The molecule has 150 valence electrons. The highest BCUT2D eigenvalue weighted by Gasteiger charge is 2.28. The molecule has 7 heteroatoms. The molecular formula is C21H29N5O2. The lowest BCUT2D eigenvalue weighted by atomic mass is 9.96. The maximum absolute atomic E-state index is 13.2. The summed E-state index contributed by atoms with van der Waals surface area (Å²) in [7, 11) is 3.79. The van der Waals surface area contributed by atoms with Gasteiger partial charge < -0.3 is 19.1 Å². The van der Waals surface area contributed by atoms with Crippen LogP contribution < -0.4 is 4.74 Å². The van der Waals surface area contributed by atoms with Crippen LogP contribution in [0.3, 0.4) is 0 Å². The standard InChI is InChI=1S/C21H29N5O2/c1-15-5-4-6-17(19(15)28-3)21(27)25-12-9-18-22-23-20(26(18)14-13-25)16-7-10-24(2)11-8-16/h4-6,16H,7-14H2,1-3H3. The number of piperidine rings is 1. The molecule has 0 spiro atoms. The number of carbonyl (C=O) groups is 1. The van der Waals surface area contributed by atoms with Gasteiger partial charge in [-0.05, 0) is 51.5 Å². The van der Waals surface area contributed by atoms with Crippen molar-refractivity contribution < 1.29 is 9.53 Å². The van der Waals surface area contributed by atoms with E-state index in [2.05, 4.69) is 26.7 Å². The topological polar surface area (TPSA) is 63.5 Å². The Hall–Kier alpha value is -2.41. The van der Waals surface area contributed by atoms with E-state index in [9.17, 15) is 4.79 Å². The van der Waals surface area contributed by atoms with Crippen LogP contribution in [0.25, 0.3) is 0 Å². The lowest BCUT2D eigenvalue weighted by Crippen LogP contribution is -2.34. The van der Waals surface area contributed by atoms with Crippen molar-refractivity contribution in [1.82, 2.24) is 24.6 Å². The Morgan fingerprint density at radius 3 is 2.64 bits per heavy atom. The summed E-state index contributed by atoms with van der Waals surface area (Å²) in [4.78, 5) is 17.5. The minimum Gasteiger partial charge on any atom is -0.496 e. The zero-order valence-corrected chi connectivity index (χ0v) is 17.0. The summed E-state index contributed by atoms with van der Waals surface area (Å²) in [5.74, 6) is 3.27. The molecule has 0 bridgehead atoms. The van der Waals surface area contributed by atoms with Crippen LogP contribution in [0, 0.1) is 6.92 Å². The molecule has 1 fully saturated rings. The van der Waals surface area contributed by atoms with Gasteiger partial charge in [0.15, 0.2) is 0 Å². The fourth-order valence-corrected chi connectivity index (χ4v) is 4.38. The smallest absolute Gasteiger partial charge is 0.257 e. The summed E-state index contributed by atoms with van der Waals surface area (Å²) in [6, 6.07) is 5.73. The van der Waals surface area contributed by atoms with Gasteiger partial charge in [-0.15, -0.1) is 10.2 Å². The van der Waals surface area contributed by atoms with E-state index in [1.807, 2.05) is 30.0 Å². The van der Waals surface area contributed by atoms with Crippen molar-refractivity contribution >= 4 is 5.91 Å². The molecule has 0 saturated carbocycles. The Labute approximate surface area is 166 Å². The molecule has 0 aliphatic carbocycles. The van der Waals surface area contributed by atoms with E-state index in [4.69, 9.17) is 4.74 Å². The van der Waals surface area contributed by atoms with Gasteiger partial charge >= 0.3 is 0 Å². The van der Waals surface area contributed by atoms with Crippen LogP contribution in [0.2, 0.25) is 0 Å². The number of aryl methyl sites for hydroxylation is 1. The quantitative estimate of drug-likeness (QED) is 0.812. The Kier molecular flexibility index (Phi) is 5.35. The minimum absolute atomic E-state index is 0.0279. The fourth-order valence-electron chi connectivity index (χ4n) is 4.38. The molecule has 1 saturated heterocycles. The molecule has 0 unspecified atom stereocenters. The summed E-state index contributed by atoms with van der Waals surface area (Å²) in [5.41, 5.74) is 1.61. The van der Waals surface area contributed by atoms with Crippen LogP contribution in [0.15, 0.2) is 18.2 Å². The van der Waals surface area contributed by atoms with Gasteiger partial charge in [-0.3, -0.25) is 4.79 Å². The van der Waals surface area contributed by atoms with E-state index in [-0.39, 0.29) is 5.91 Å². The van der Waals surface area contributed by atoms with Gasteiger partial charge in [0.2, 0.25) is 0 Å². The van der Waals surface area contributed by atoms with Gasteiger partial charge in [0.1, 0.15) is 17.4 Å². The monoisotopic (exact) mass is 383 g/mol. The van der Waals surface area contributed by atoms with Crippen molar-refractivity contribution in [2.75, 3.05) is 40.3 Å². The number of methoxy groups -OCH3 is 1. The molecule has 3 heterocycles. The molecule has 1 amide bonds. The molecule has 2 aliphatic heterocycles. The van der Waals surface area contributed by atoms with Crippen molar-refractivity contribution in [1.29, 1.82) is 0 Å². The summed E-state index contributed by atoms with van der Waals surface area (Å²) >= 11 is 0. The van der Waals surface area contributed by atoms with Crippen LogP contribution in [0.4, 0.5) is 0 Å². The normalized spacial score (nSPS) is 18.6. The summed E-state index contributed by atoms with van der Waals surface area (Å²) in [5, 5.41) is 8.99. The first kappa shape index (κ1) is 18.9. The van der Waals surface area contributed by atoms with Crippen LogP contribution in [0.1, 0.15) is 46.3 Å². The number of benzene rings is 1. The van der Waals surface area contributed by atoms with Crippen LogP contribution in [-0.4, -0.2) is 70.8 Å². The Morgan fingerprint density at radius 2 is 1.89 bits per heavy atom. The molecule has 4 rings (SSSR count). The van der Waals surface area contributed by atoms with Crippen molar-refractivity contribution in [3.8, 4) is 5.75 Å². The lowest BCUT2D eigenvalue weighted by molar-refractivity contribution is 0.0755. The summed E-state index contributed by atoms with van der Waals surface area (Å²) in [6.45, 7) is 6.24. The van der Waals surface area contributed by atoms with Gasteiger partial charge in [-0.2, -0.15) is 0 Å². The number of carbonyl (C=O) groups excluding carboxylic acids is 1. The predicted octanol–water partition coefficient (Wildman–Crippen LogP) is 2.10. The van der Waals surface area contributed by atoms with Crippen LogP contribution in [0.5, 0.6) is 5.75 Å². The molecule has 28 heavy (non-hydrogen) atoms. The van der Waals surface area contributed by atoms with Crippen LogP contribution >= 0.6 is 0 Å². The number of amides is 1. The van der Waals surface area contributed by atoms with Gasteiger partial charge in [-0.25, -0.2) is 0 Å². The zero-order chi connectivity index (χ0) is 19.7. The minimum atomic E-state index is 0.0279. The van der Waals surface area contributed by atoms with E-state index < -0.39 is 0 Å². The molecule has 7 nitrogen and oxygen atoms in total. The van der Waals surface area contributed by atoms with E-state index in [0.717, 1.165) is 56.1 Å². The third-order valence-electron chi connectivity index (χ3n) is 6.07. The first-order valence-corrected chi connectivity index (χ1v) is 10.1. The van der Waals surface area contributed by atoms with Crippen molar-refractivity contribution in [2.45, 2.75) is 38.6 Å². The average Bonchev–Trinajstić information content (AvgIpc) is 2.99. The number of hydrogen-bond acceptors (Lipinski definition) is 5. The average molecular weight is 383 g/mol. The Bertz CT molecular complexity index is 854. The first-order chi connectivity index (χ1) is 13.6. The number of aromatic nitrogens is 3. The highest BCUT2D eigenvalue weighted by Crippen LogP contribution is 2.28. The van der Waals surface area contributed by atoms with E-state index >= 15 is 0 Å². The number of para-hydroxylation sites is 1. The van der Waals surface area contributed by atoms with Crippen LogP contribution in [-0.2, 0) is 13.0 Å². The third kappa shape index (κ3) is 3.51. The predicted molar refractivity (Wildman–Crippen MR) is 107 cm³/mol. The van der Waals surface area contributed by atoms with Gasteiger partial charge in [0.05, 0.1) is 12.7 Å². The number of fused-ring (bicyclic) bond motifs is 1. The molecule has 1 aromatic carbocycles. The maximum Gasteiger partial charge on any atom is 0.257 e. The van der Waals surface area contributed by atoms with Crippen molar-refractivity contribution in [3.63, 3.8) is 0 Å². The Morgan fingerprint density at radius 1 is 1.11 bits per heavy atom. The Balaban J connectivity index is 1.51. The third-order valence-corrected chi connectivity index (χ3v) is 6.07. The zero-order valence-electron chi connectivity index (χ0n) is 17.0. The van der Waals surface area contributed by atoms with E-state index in [0.29, 0.717) is 30.3 Å². The lowest BCUT2D eigenvalue weighted by Gasteiger charge is -2.28. The number of ether oxygens (including phenoxy) is 1. The maximum atomic E-state index is 13.2. The fraction of sp³-hybridized carbons (Fsp3) is 0.571. The van der Waals surface area contributed by atoms with Gasteiger partial charge in [0, 0.05) is 32.0 Å². The molecule has 0 N–H and O–H groups in total. The molecule has 1 aromatic heterocycles. The van der Waals surface area contributed by atoms with Gasteiger partial charge in [0.25, 0.3) is 5.91 Å². The first-order valence-electron chi connectivity index (χ1n) is 10.1. The second-order valence-corrected chi connectivity index (χ2v) is 7.90. The number of hydrogen-bond donors (Lipinski definition) is 0. The molecular weight excluding hydrogens is 354 g/mol. The molecule has 2 aromatic rings. The molecule has 2 aliphatic rings. The number of likely N-dealkylation sites (tertiary alicyclic amines) is 1. The summed E-state index contributed by atoms with van der Waals surface area (Å²) in [6.07, 6.45) is 2.98. The van der Waals surface area contributed by atoms with E-state index in [1.165, 1.54) is 0 Å². The number of nitrogens with zero attached hydrogens (tertiary/aromatic N) is 5. The second-order valence-electron chi connectivity index (χ2n) is 7.90. The van der Waals surface area contributed by atoms with Gasteiger partial charge in [-0.1, -0.05) is 12.1 Å². The van der Waals surface area contributed by atoms with Crippen molar-refractivity contribution in [3.05, 3.63) is 41.0 Å². The second kappa shape index (κ2) is 7.91. The summed E-state index contributed by atoms with van der Waals surface area (Å²) < 4.78 is 7.75. The van der Waals surface area contributed by atoms with E-state index in [1.54, 1.807) is 7.11 Å². The number of rotatable bonds is 3. The molecule has 0 atom stereocenters. The molecule has 0 radical (unpaired) electrons. The largest absolute Gasteiger partial charge is 0.496 e.